The molecule has 6 nitrogen and oxygen atoms in total. The Labute approximate surface area is 150 Å². The molecular formula is C16H12ClF3N2O4. The zero-order valence-corrected chi connectivity index (χ0v) is 14.0. The number of halogens is 4. The normalized spacial score (nSPS) is 11.0. The smallest absolute Gasteiger partial charge is 0.418 e. The second-order valence-electron chi connectivity index (χ2n) is 4.84. The van der Waals surface area contributed by atoms with Crippen molar-refractivity contribution >= 4 is 29.2 Å². The molecule has 1 N–H and O–H groups in total. The van der Waals surface area contributed by atoms with Crippen molar-refractivity contribution in [2.75, 3.05) is 19.0 Å². The van der Waals surface area contributed by atoms with Crippen LogP contribution < -0.4 is 10.1 Å². The Bertz CT molecular complexity index is 827. The number of nitrogens with one attached hydrogen (secondary N) is 1. The third kappa shape index (κ3) is 4.63. The van der Waals surface area contributed by atoms with Gasteiger partial charge in [-0.25, -0.2) is 9.78 Å². The van der Waals surface area contributed by atoms with E-state index in [1.54, 1.807) is 0 Å². The van der Waals surface area contributed by atoms with Gasteiger partial charge in [0.2, 0.25) is 5.88 Å². The highest BCUT2D eigenvalue weighted by Crippen LogP contribution is 2.38. The van der Waals surface area contributed by atoms with E-state index in [9.17, 15) is 22.8 Å². The number of hydrogen-bond acceptors (Lipinski definition) is 5. The van der Waals surface area contributed by atoms with Crippen LogP contribution in [0.3, 0.4) is 0 Å². The number of nitrogens with zero attached hydrogens (tertiary/aromatic N) is 1. The van der Waals surface area contributed by atoms with Gasteiger partial charge in [0.15, 0.2) is 6.61 Å². The average molecular weight is 389 g/mol. The lowest BCUT2D eigenvalue weighted by atomic mass is 10.1. The molecule has 0 radical (unpaired) electrons. The van der Waals surface area contributed by atoms with Gasteiger partial charge in [-0.05, 0) is 24.3 Å². The fourth-order valence-corrected chi connectivity index (χ4v) is 2.20. The van der Waals surface area contributed by atoms with Crippen LogP contribution >= 0.6 is 11.6 Å². The topological polar surface area (TPSA) is 77.5 Å². The third-order valence-corrected chi connectivity index (χ3v) is 3.42. The summed E-state index contributed by atoms with van der Waals surface area (Å²) in [7, 11) is 1.29. The number of carbonyl (C=O) groups excluding carboxylic acids is 2. The maximum Gasteiger partial charge on any atom is 0.418 e. The number of amides is 1. The Morgan fingerprint density at radius 3 is 2.62 bits per heavy atom. The first kappa shape index (κ1) is 19.5. The molecule has 1 heterocycles. The van der Waals surface area contributed by atoms with Gasteiger partial charge in [0, 0.05) is 6.20 Å². The molecule has 26 heavy (non-hydrogen) atoms. The Morgan fingerprint density at radius 1 is 1.23 bits per heavy atom. The van der Waals surface area contributed by atoms with Gasteiger partial charge in [-0.2, -0.15) is 13.2 Å². The maximum atomic E-state index is 13.0. The molecule has 1 amide bonds. The van der Waals surface area contributed by atoms with E-state index < -0.39 is 35.9 Å². The van der Waals surface area contributed by atoms with Crippen molar-refractivity contribution in [3.05, 3.63) is 52.7 Å². The van der Waals surface area contributed by atoms with E-state index in [0.29, 0.717) is 0 Å². The zero-order chi connectivity index (χ0) is 19.3. The molecule has 10 heteroatoms. The number of anilines is 1. The minimum atomic E-state index is -4.72. The molecule has 138 valence electrons. The van der Waals surface area contributed by atoms with E-state index in [2.05, 4.69) is 4.98 Å². The van der Waals surface area contributed by atoms with Gasteiger partial charge in [0.25, 0.3) is 5.91 Å². The number of methoxy groups -OCH3 is 1. The number of benzene rings is 1. The molecule has 0 aliphatic rings. The summed E-state index contributed by atoms with van der Waals surface area (Å²) in [6, 6.07) is 5.89. The van der Waals surface area contributed by atoms with Gasteiger partial charge < -0.3 is 14.8 Å². The molecule has 0 atom stereocenters. The zero-order valence-electron chi connectivity index (χ0n) is 13.3. The second kappa shape index (κ2) is 8.05. The summed E-state index contributed by atoms with van der Waals surface area (Å²) in [5.74, 6) is -1.91. The van der Waals surface area contributed by atoms with Crippen LogP contribution in [0, 0.1) is 0 Å². The van der Waals surface area contributed by atoms with Crippen LogP contribution in [-0.4, -0.2) is 30.6 Å². The van der Waals surface area contributed by atoms with Crippen molar-refractivity contribution in [1.82, 2.24) is 4.98 Å². The maximum absolute atomic E-state index is 13.0. The molecule has 2 rings (SSSR count). The number of hydrogen-bond donors (Lipinski definition) is 1. The Morgan fingerprint density at radius 2 is 1.96 bits per heavy atom. The number of rotatable bonds is 5. The van der Waals surface area contributed by atoms with Crippen molar-refractivity contribution in [2.45, 2.75) is 6.18 Å². The molecule has 0 saturated carbocycles. The van der Waals surface area contributed by atoms with E-state index in [1.165, 1.54) is 31.5 Å². The number of para-hydroxylation sites is 1. The third-order valence-electron chi connectivity index (χ3n) is 3.10. The van der Waals surface area contributed by atoms with Crippen molar-refractivity contribution in [2.24, 2.45) is 0 Å². The van der Waals surface area contributed by atoms with Crippen LogP contribution in [0.5, 0.6) is 5.88 Å². The Balaban J connectivity index is 2.07. The minimum absolute atomic E-state index is 0.0108. The number of pyridine rings is 1. The van der Waals surface area contributed by atoms with Gasteiger partial charge in [-0.1, -0.05) is 17.7 Å². The van der Waals surface area contributed by atoms with E-state index in [0.717, 1.165) is 12.1 Å². The highest BCUT2D eigenvalue weighted by Gasteiger charge is 2.34. The van der Waals surface area contributed by atoms with E-state index >= 15 is 0 Å². The van der Waals surface area contributed by atoms with Crippen LogP contribution in [0.15, 0.2) is 36.5 Å². The summed E-state index contributed by atoms with van der Waals surface area (Å²) in [6.45, 7) is -0.820. The van der Waals surface area contributed by atoms with E-state index in [4.69, 9.17) is 21.1 Å². The first-order chi connectivity index (χ1) is 12.2. The summed E-state index contributed by atoms with van der Waals surface area (Å²) in [5, 5.41) is 1.71. The molecule has 0 aliphatic heterocycles. The molecule has 1 aromatic carbocycles. The van der Waals surface area contributed by atoms with Crippen molar-refractivity contribution in [1.29, 1.82) is 0 Å². The van der Waals surface area contributed by atoms with Gasteiger partial charge >= 0.3 is 12.1 Å². The lowest BCUT2D eigenvalue weighted by molar-refractivity contribution is -0.137. The first-order valence-electron chi connectivity index (χ1n) is 7.05. The second-order valence-corrected chi connectivity index (χ2v) is 5.25. The van der Waals surface area contributed by atoms with Gasteiger partial charge in [0.1, 0.15) is 5.56 Å². The SMILES string of the molecule is COc1ncccc1C(=O)OCC(=O)Nc1c(Cl)cccc1C(F)(F)F. The monoisotopic (exact) mass is 388 g/mol. The van der Waals surface area contributed by atoms with Crippen LogP contribution in [0.25, 0.3) is 0 Å². The van der Waals surface area contributed by atoms with Crippen molar-refractivity contribution in [3.8, 4) is 5.88 Å². The van der Waals surface area contributed by atoms with Crippen molar-refractivity contribution < 1.29 is 32.2 Å². The fraction of sp³-hybridized carbons (Fsp3) is 0.188. The highest BCUT2D eigenvalue weighted by molar-refractivity contribution is 6.34. The van der Waals surface area contributed by atoms with E-state index in [1.807, 2.05) is 5.32 Å². The molecule has 1 aromatic heterocycles. The van der Waals surface area contributed by atoms with Gasteiger partial charge in [0.05, 0.1) is 23.4 Å². The Hall–Kier alpha value is -2.81. The van der Waals surface area contributed by atoms with Crippen LogP contribution in [0.1, 0.15) is 15.9 Å². The number of alkyl halides is 3. The predicted octanol–water partition coefficient (Wildman–Crippen LogP) is 3.56. The summed E-state index contributed by atoms with van der Waals surface area (Å²) < 4.78 is 48.6. The largest absolute Gasteiger partial charge is 0.480 e. The number of esters is 1. The minimum Gasteiger partial charge on any atom is -0.480 e. The quantitative estimate of drug-likeness (QED) is 0.792. The highest BCUT2D eigenvalue weighted by atomic mass is 35.5. The summed E-state index contributed by atoms with van der Waals surface area (Å²) >= 11 is 5.73. The number of carbonyl (C=O) groups is 2. The van der Waals surface area contributed by atoms with Gasteiger partial charge in [-0.3, -0.25) is 4.79 Å². The molecule has 0 bridgehead atoms. The summed E-state index contributed by atoms with van der Waals surface area (Å²) in [4.78, 5) is 27.6. The van der Waals surface area contributed by atoms with Crippen LogP contribution in [-0.2, 0) is 15.7 Å². The predicted molar refractivity (Wildman–Crippen MR) is 86.2 cm³/mol. The molecular weight excluding hydrogens is 377 g/mol. The average Bonchev–Trinajstić information content (AvgIpc) is 2.60. The molecule has 0 aliphatic carbocycles. The lowest BCUT2D eigenvalue weighted by Gasteiger charge is -2.15. The Kier molecular flexibility index (Phi) is 6.04. The number of aromatic nitrogens is 1. The van der Waals surface area contributed by atoms with Crippen molar-refractivity contribution in [3.63, 3.8) is 0 Å². The van der Waals surface area contributed by atoms with Crippen LogP contribution in [0.2, 0.25) is 5.02 Å². The number of ether oxygens (including phenoxy) is 2. The summed E-state index contributed by atoms with van der Waals surface area (Å²) in [6.07, 6.45) is -3.33. The lowest BCUT2D eigenvalue weighted by Crippen LogP contribution is -2.23. The van der Waals surface area contributed by atoms with Crippen LogP contribution in [0.4, 0.5) is 18.9 Å². The molecule has 0 fully saturated rings. The molecule has 0 saturated heterocycles. The molecule has 0 spiro atoms. The van der Waals surface area contributed by atoms with E-state index in [-0.39, 0.29) is 16.5 Å². The summed E-state index contributed by atoms with van der Waals surface area (Å²) in [5.41, 5.74) is -1.75. The van der Waals surface area contributed by atoms with Gasteiger partial charge in [-0.15, -0.1) is 0 Å². The fourth-order valence-electron chi connectivity index (χ4n) is 1.98. The molecule has 2 aromatic rings. The molecule has 0 unspecified atom stereocenters. The standard InChI is InChI=1S/C16H12ClF3N2O4/c1-25-14-9(4-3-7-21-14)15(24)26-8-12(23)22-13-10(16(18,19)20)5-2-6-11(13)17/h2-7H,8H2,1H3,(H,22,23). The first-order valence-corrected chi connectivity index (χ1v) is 7.43.